The predicted molar refractivity (Wildman–Crippen MR) is 85.3 cm³/mol. The maximum Gasteiger partial charge on any atom is 0.195 e. The van der Waals surface area contributed by atoms with E-state index in [1.807, 2.05) is 42.5 Å². The van der Waals surface area contributed by atoms with Crippen molar-refractivity contribution in [3.8, 4) is 0 Å². The molecule has 0 saturated heterocycles. The number of aromatic nitrogens is 1. The Morgan fingerprint density at radius 3 is 2.60 bits per heavy atom. The molecule has 0 unspecified atom stereocenters. The second-order valence-electron chi connectivity index (χ2n) is 4.77. The van der Waals surface area contributed by atoms with Crippen LogP contribution >= 0.6 is 15.9 Å². The number of rotatable bonds is 3. The van der Waals surface area contributed by atoms with Gasteiger partial charge in [0.25, 0.3) is 0 Å². The van der Waals surface area contributed by atoms with Crippen LogP contribution in [-0.4, -0.2) is 10.8 Å². The minimum atomic E-state index is 0.0528. The third-order valence-corrected chi connectivity index (χ3v) is 4.01. The quantitative estimate of drug-likeness (QED) is 0.693. The van der Waals surface area contributed by atoms with Crippen LogP contribution in [0, 0.1) is 0 Å². The second kappa shape index (κ2) is 5.25. The molecule has 0 saturated carbocycles. The topological polar surface area (TPSA) is 32.9 Å². The number of carbonyl (C=O) groups excluding carboxylic acids is 1. The highest BCUT2D eigenvalue weighted by atomic mass is 79.9. The van der Waals surface area contributed by atoms with Gasteiger partial charge >= 0.3 is 0 Å². The fourth-order valence-corrected chi connectivity index (χ4v) is 2.69. The van der Waals surface area contributed by atoms with Gasteiger partial charge in [-0.25, -0.2) is 0 Å². The van der Waals surface area contributed by atoms with Gasteiger partial charge in [-0.1, -0.05) is 47.1 Å². The first-order valence-corrected chi connectivity index (χ1v) is 7.38. The fourth-order valence-electron chi connectivity index (χ4n) is 2.33. The average Bonchev–Trinajstić information content (AvgIpc) is 2.89. The molecule has 0 atom stereocenters. The molecule has 3 aromatic rings. The summed E-state index contributed by atoms with van der Waals surface area (Å²) in [5.41, 5.74) is 3.65. The van der Waals surface area contributed by atoms with Gasteiger partial charge in [0.2, 0.25) is 0 Å². The van der Waals surface area contributed by atoms with E-state index in [1.165, 1.54) is 5.56 Å². The molecule has 2 aromatic carbocycles. The van der Waals surface area contributed by atoms with Crippen molar-refractivity contribution in [2.24, 2.45) is 0 Å². The van der Waals surface area contributed by atoms with Crippen LogP contribution in [0.2, 0.25) is 0 Å². The van der Waals surface area contributed by atoms with Crippen LogP contribution in [-0.2, 0) is 6.42 Å². The summed E-state index contributed by atoms with van der Waals surface area (Å²) in [5, 5.41) is 0.948. The zero-order valence-electron chi connectivity index (χ0n) is 11.1. The molecule has 1 heterocycles. The average molecular weight is 328 g/mol. The van der Waals surface area contributed by atoms with E-state index in [0.29, 0.717) is 5.56 Å². The van der Waals surface area contributed by atoms with Crippen molar-refractivity contribution in [2.75, 3.05) is 0 Å². The molecule has 3 heteroatoms. The third kappa shape index (κ3) is 2.29. The molecule has 0 fully saturated rings. The van der Waals surface area contributed by atoms with Crippen molar-refractivity contribution in [3.05, 3.63) is 69.8 Å². The van der Waals surface area contributed by atoms with E-state index in [0.717, 1.165) is 27.4 Å². The van der Waals surface area contributed by atoms with Gasteiger partial charge < -0.3 is 4.98 Å². The van der Waals surface area contributed by atoms with Crippen LogP contribution in [0.4, 0.5) is 0 Å². The summed E-state index contributed by atoms with van der Waals surface area (Å²) in [4.78, 5) is 15.7. The highest BCUT2D eigenvalue weighted by Gasteiger charge is 2.14. The van der Waals surface area contributed by atoms with Gasteiger partial charge in [-0.3, -0.25) is 4.79 Å². The van der Waals surface area contributed by atoms with E-state index in [9.17, 15) is 4.79 Å². The van der Waals surface area contributed by atoms with Crippen LogP contribution in [0.1, 0.15) is 28.4 Å². The molecular formula is C17H14BrNO. The van der Waals surface area contributed by atoms with E-state index in [-0.39, 0.29) is 5.78 Å². The molecule has 100 valence electrons. The molecule has 0 bridgehead atoms. The largest absolute Gasteiger partial charge is 0.360 e. The summed E-state index contributed by atoms with van der Waals surface area (Å²) in [5.74, 6) is 0.0528. The van der Waals surface area contributed by atoms with Crippen LogP contribution in [0.25, 0.3) is 10.9 Å². The Morgan fingerprint density at radius 1 is 1.15 bits per heavy atom. The fraction of sp³-hybridized carbons (Fsp3) is 0.118. The summed E-state index contributed by atoms with van der Waals surface area (Å²) in [7, 11) is 0. The van der Waals surface area contributed by atoms with Crippen molar-refractivity contribution in [1.82, 2.24) is 4.98 Å². The normalized spacial score (nSPS) is 10.9. The molecule has 20 heavy (non-hydrogen) atoms. The molecule has 1 N–H and O–H groups in total. The molecule has 0 aliphatic carbocycles. The minimum absolute atomic E-state index is 0.0528. The first-order valence-electron chi connectivity index (χ1n) is 6.59. The lowest BCUT2D eigenvalue weighted by molar-refractivity contribution is 0.104. The molecule has 3 rings (SSSR count). The van der Waals surface area contributed by atoms with Crippen molar-refractivity contribution in [2.45, 2.75) is 13.3 Å². The van der Waals surface area contributed by atoms with Crippen molar-refractivity contribution < 1.29 is 4.79 Å². The minimum Gasteiger partial charge on any atom is -0.360 e. The number of aryl methyl sites for hydroxylation is 1. The summed E-state index contributed by atoms with van der Waals surface area (Å²) in [6.45, 7) is 2.11. The smallest absolute Gasteiger partial charge is 0.195 e. The van der Waals surface area contributed by atoms with Gasteiger partial charge in [-0.15, -0.1) is 0 Å². The van der Waals surface area contributed by atoms with Crippen LogP contribution in [0.3, 0.4) is 0 Å². The third-order valence-electron chi connectivity index (χ3n) is 3.51. The summed E-state index contributed by atoms with van der Waals surface area (Å²) in [6.07, 6.45) is 2.77. The highest BCUT2D eigenvalue weighted by Crippen LogP contribution is 2.24. The number of hydrogen-bond acceptors (Lipinski definition) is 1. The maximum atomic E-state index is 12.6. The summed E-state index contributed by atoms with van der Waals surface area (Å²) in [6, 6.07) is 13.7. The molecule has 0 amide bonds. The second-order valence-corrected chi connectivity index (χ2v) is 5.69. The molecule has 0 aliphatic heterocycles. The monoisotopic (exact) mass is 327 g/mol. The van der Waals surface area contributed by atoms with Gasteiger partial charge in [-0.05, 0) is 30.2 Å². The number of fused-ring (bicyclic) bond motifs is 1. The number of hydrogen-bond donors (Lipinski definition) is 1. The van der Waals surface area contributed by atoms with Crippen molar-refractivity contribution >= 4 is 32.6 Å². The van der Waals surface area contributed by atoms with Crippen molar-refractivity contribution in [1.29, 1.82) is 0 Å². The maximum absolute atomic E-state index is 12.6. The lowest BCUT2D eigenvalue weighted by Crippen LogP contribution is -2.00. The zero-order chi connectivity index (χ0) is 14.1. The van der Waals surface area contributed by atoms with Crippen LogP contribution < -0.4 is 0 Å². The van der Waals surface area contributed by atoms with E-state index in [4.69, 9.17) is 0 Å². The Morgan fingerprint density at radius 2 is 1.90 bits per heavy atom. The molecular weight excluding hydrogens is 314 g/mol. The Kier molecular flexibility index (Phi) is 3.45. The Hall–Kier alpha value is -1.87. The summed E-state index contributed by atoms with van der Waals surface area (Å²) >= 11 is 3.45. The highest BCUT2D eigenvalue weighted by molar-refractivity contribution is 9.10. The van der Waals surface area contributed by atoms with Gasteiger partial charge in [-0.2, -0.15) is 0 Å². The number of H-pyrrole nitrogens is 1. The van der Waals surface area contributed by atoms with Gasteiger partial charge in [0.1, 0.15) is 0 Å². The standard InChI is InChI=1S/C17H14BrNO/c1-2-11-3-5-12(6-4-11)17(20)15-10-19-16-8-7-13(18)9-14(15)16/h3-10,19H,2H2,1H3. The number of ketones is 1. The number of benzene rings is 2. The molecule has 0 aliphatic rings. The molecule has 2 nitrogen and oxygen atoms in total. The first kappa shape index (κ1) is 13.1. The lowest BCUT2D eigenvalue weighted by atomic mass is 10.0. The zero-order valence-corrected chi connectivity index (χ0v) is 12.7. The van der Waals surface area contributed by atoms with Crippen LogP contribution in [0.5, 0.6) is 0 Å². The Bertz CT molecular complexity index is 771. The van der Waals surface area contributed by atoms with Gasteiger partial charge in [0.15, 0.2) is 5.78 Å². The van der Waals surface area contributed by atoms with E-state index < -0.39 is 0 Å². The van der Waals surface area contributed by atoms with Gasteiger partial charge in [0.05, 0.1) is 0 Å². The number of nitrogens with one attached hydrogen (secondary N) is 1. The lowest BCUT2D eigenvalue weighted by Gasteiger charge is -2.02. The van der Waals surface area contributed by atoms with Crippen molar-refractivity contribution in [3.63, 3.8) is 0 Å². The van der Waals surface area contributed by atoms with E-state index >= 15 is 0 Å². The molecule has 0 radical (unpaired) electrons. The SMILES string of the molecule is CCc1ccc(C(=O)c2c[nH]c3ccc(Br)cc23)cc1. The number of halogens is 1. The molecule has 0 spiro atoms. The Labute approximate surface area is 126 Å². The van der Waals surface area contributed by atoms with Gasteiger partial charge in [0, 0.05) is 32.7 Å². The number of carbonyl (C=O) groups is 1. The number of aromatic amines is 1. The summed E-state index contributed by atoms with van der Waals surface area (Å²) < 4.78 is 0.972. The van der Waals surface area contributed by atoms with E-state index in [2.05, 4.69) is 27.8 Å². The molecule has 1 aromatic heterocycles. The Balaban J connectivity index is 2.05. The predicted octanol–water partition coefficient (Wildman–Crippen LogP) is 4.72. The van der Waals surface area contributed by atoms with E-state index in [1.54, 1.807) is 6.20 Å². The first-order chi connectivity index (χ1) is 9.69. The van der Waals surface area contributed by atoms with Crippen LogP contribution in [0.15, 0.2) is 53.1 Å².